The smallest absolute Gasteiger partial charge is 0.351 e. The molecule has 0 aliphatic carbocycles. The molecule has 1 aliphatic heterocycles. The third-order valence-corrected chi connectivity index (χ3v) is 7.16. The Labute approximate surface area is 151 Å². The van der Waals surface area contributed by atoms with Crippen LogP contribution in [-0.4, -0.2) is 51.0 Å². The van der Waals surface area contributed by atoms with Gasteiger partial charge in [0.25, 0.3) is 5.69 Å². The second-order valence-corrected chi connectivity index (χ2v) is 10.1. The third kappa shape index (κ3) is 5.15. The average Bonchev–Trinajstić information content (AvgIpc) is 2.83. The van der Waals surface area contributed by atoms with Gasteiger partial charge in [-0.05, 0) is 18.6 Å². The number of amides is 1. The number of nitrogens with zero attached hydrogens (tertiary/aromatic N) is 1. The first kappa shape index (κ1) is 21.1. The standard InChI is InChI=1S/C13H13F3N2O7S2/c14-13(15,16)8-1-2-11(10(5-8)18(20)21)27(24,25)7-12(19)17-9-3-4-26(22,23)6-9/h1-2,5,9H,3-4,6-7H2,(H,17,19). The second kappa shape index (κ2) is 7.07. The number of carbonyl (C=O) groups is 1. The van der Waals surface area contributed by atoms with Crippen molar-refractivity contribution >= 4 is 31.3 Å². The Hall–Kier alpha value is -2.22. The second-order valence-electron chi connectivity index (χ2n) is 5.86. The molecule has 0 aromatic heterocycles. The van der Waals surface area contributed by atoms with Gasteiger partial charge in [0.15, 0.2) is 19.7 Å². The van der Waals surface area contributed by atoms with Crippen molar-refractivity contribution in [3.05, 3.63) is 33.9 Å². The number of nitro benzene ring substituents is 1. The van der Waals surface area contributed by atoms with Crippen LogP contribution in [0, 0.1) is 10.1 Å². The van der Waals surface area contributed by atoms with E-state index in [0.717, 1.165) is 0 Å². The van der Waals surface area contributed by atoms with E-state index in [-0.39, 0.29) is 24.0 Å². The molecule has 1 aromatic rings. The summed E-state index contributed by atoms with van der Waals surface area (Å²) in [7, 11) is -7.97. The minimum absolute atomic E-state index is 0.0777. The number of carbonyl (C=O) groups excluding carboxylic acids is 1. The molecule has 9 nitrogen and oxygen atoms in total. The summed E-state index contributed by atoms with van der Waals surface area (Å²) in [5.41, 5.74) is -2.71. The van der Waals surface area contributed by atoms with Crippen molar-refractivity contribution in [1.29, 1.82) is 0 Å². The van der Waals surface area contributed by atoms with E-state index in [4.69, 9.17) is 0 Å². The monoisotopic (exact) mass is 430 g/mol. The molecule has 1 heterocycles. The SMILES string of the molecule is O=C(CS(=O)(=O)c1ccc(C(F)(F)F)cc1[N+](=O)[O-])NC1CCS(=O)(=O)C1. The maximum atomic E-state index is 12.7. The molecule has 0 saturated carbocycles. The highest BCUT2D eigenvalue weighted by Crippen LogP contribution is 2.34. The lowest BCUT2D eigenvalue weighted by molar-refractivity contribution is -0.388. The van der Waals surface area contributed by atoms with Crippen molar-refractivity contribution < 1.29 is 39.7 Å². The summed E-state index contributed by atoms with van der Waals surface area (Å²) >= 11 is 0. The van der Waals surface area contributed by atoms with E-state index >= 15 is 0 Å². The lowest BCUT2D eigenvalue weighted by Gasteiger charge is -2.12. The van der Waals surface area contributed by atoms with Gasteiger partial charge in [0, 0.05) is 12.1 Å². The fraction of sp³-hybridized carbons (Fsp3) is 0.462. The summed E-state index contributed by atoms with van der Waals surface area (Å²) in [6.07, 6.45) is -4.83. The molecule has 1 aromatic carbocycles. The van der Waals surface area contributed by atoms with Crippen molar-refractivity contribution in [2.24, 2.45) is 0 Å². The van der Waals surface area contributed by atoms with Gasteiger partial charge in [0.05, 0.1) is 22.0 Å². The Morgan fingerprint density at radius 3 is 2.44 bits per heavy atom. The van der Waals surface area contributed by atoms with Crippen molar-refractivity contribution in [1.82, 2.24) is 5.32 Å². The fourth-order valence-corrected chi connectivity index (χ4v) is 5.51. The van der Waals surface area contributed by atoms with E-state index in [0.29, 0.717) is 12.1 Å². The number of hydrogen-bond donors (Lipinski definition) is 1. The molecule has 0 radical (unpaired) electrons. The molecule has 1 amide bonds. The third-order valence-electron chi connectivity index (χ3n) is 3.74. The molecule has 150 valence electrons. The number of hydrogen-bond acceptors (Lipinski definition) is 7. The van der Waals surface area contributed by atoms with Crippen molar-refractivity contribution in [2.45, 2.75) is 23.5 Å². The maximum absolute atomic E-state index is 12.7. The number of benzene rings is 1. The Morgan fingerprint density at radius 1 is 1.33 bits per heavy atom. The van der Waals surface area contributed by atoms with E-state index in [1.165, 1.54) is 0 Å². The van der Waals surface area contributed by atoms with E-state index in [2.05, 4.69) is 5.32 Å². The summed E-state index contributed by atoms with van der Waals surface area (Å²) in [5.74, 6) is -2.91. The van der Waals surface area contributed by atoms with Crippen LogP contribution < -0.4 is 5.32 Å². The quantitative estimate of drug-likeness (QED) is 0.535. The first-order valence-corrected chi connectivity index (χ1v) is 10.8. The van der Waals surface area contributed by atoms with Crippen LogP contribution in [0.2, 0.25) is 0 Å². The molecule has 1 aliphatic rings. The van der Waals surface area contributed by atoms with E-state index in [1.54, 1.807) is 0 Å². The topological polar surface area (TPSA) is 141 Å². The molecule has 1 unspecified atom stereocenters. The van der Waals surface area contributed by atoms with Gasteiger partial charge in [-0.2, -0.15) is 13.2 Å². The number of nitro groups is 1. The van der Waals surface area contributed by atoms with Gasteiger partial charge in [-0.1, -0.05) is 0 Å². The highest BCUT2D eigenvalue weighted by Gasteiger charge is 2.36. The molecular weight excluding hydrogens is 417 g/mol. The summed E-state index contributed by atoms with van der Waals surface area (Å²) < 4.78 is 85.2. The van der Waals surface area contributed by atoms with Gasteiger partial charge >= 0.3 is 6.18 Å². The summed E-state index contributed by atoms with van der Waals surface area (Å²) in [6, 6.07) is 0.0690. The van der Waals surface area contributed by atoms with Crippen LogP contribution in [0.1, 0.15) is 12.0 Å². The number of alkyl halides is 3. The van der Waals surface area contributed by atoms with Crippen LogP contribution in [0.5, 0.6) is 0 Å². The van der Waals surface area contributed by atoms with Gasteiger partial charge < -0.3 is 5.32 Å². The van der Waals surface area contributed by atoms with Gasteiger partial charge in [-0.3, -0.25) is 14.9 Å². The highest BCUT2D eigenvalue weighted by molar-refractivity contribution is 7.92. The largest absolute Gasteiger partial charge is 0.416 e. The molecule has 14 heteroatoms. The van der Waals surface area contributed by atoms with Crippen LogP contribution in [0.4, 0.5) is 18.9 Å². The molecule has 1 atom stereocenters. The average molecular weight is 430 g/mol. The lowest BCUT2D eigenvalue weighted by atomic mass is 10.2. The van der Waals surface area contributed by atoms with Crippen LogP contribution >= 0.6 is 0 Å². The number of halogens is 3. The summed E-state index contributed by atoms with van der Waals surface area (Å²) in [5, 5.41) is 13.2. The predicted molar refractivity (Wildman–Crippen MR) is 85.4 cm³/mol. The van der Waals surface area contributed by atoms with Crippen molar-refractivity contribution in [3.8, 4) is 0 Å². The predicted octanol–water partition coefficient (Wildman–Crippen LogP) is 0.691. The molecular formula is C13H13F3N2O7S2. The molecule has 2 rings (SSSR count). The lowest BCUT2D eigenvalue weighted by Crippen LogP contribution is -2.39. The van der Waals surface area contributed by atoms with E-state index in [9.17, 15) is 44.9 Å². The zero-order chi connectivity index (χ0) is 20.6. The minimum Gasteiger partial charge on any atom is -0.351 e. The maximum Gasteiger partial charge on any atom is 0.416 e. The summed E-state index contributed by atoms with van der Waals surface area (Å²) in [6.45, 7) is 0. The van der Waals surface area contributed by atoms with Gasteiger partial charge in [0.1, 0.15) is 10.6 Å². The Bertz CT molecular complexity index is 988. The van der Waals surface area contributed by atoms with Crippen molar-refractivity contribution in [2.75, 3.05) is 17.3 Å². The molecule has 1 N–H and O–H groups in total. The molecule has 1 saturated heterocycles. The van der Waals surface area contributed by atoms with Gasteiger partial charge in [0.2, 0.25) is 5.91 Å². The van der Waals surface area contributed by atoms with E-state index in [1.807, 2.05) is 0 Å². The van der Waals surface area contributed by atoms with Crippen molar-refractivity contribution in [3.63, 3.8) is 0 Å². The van der Waals surface area contributed by atoms with Gasteiger partial charge in [-0.25, -0.2) is 16.8 Å². The number of rotatable bonds is 5. The zero-order valence-corrected chi connectivity index (χ0v) is 15.0. The molecule has 0 bridgehead atoms. The summed E-state index contributed by atoms with van der Waals surface area (Å²) in [4.78, 5) is 20.5. The van der Waals surface area contributed by atoms with Crippen LogP contribution in [0.15, 0.2) is 23.1 Å². The molecule has 0 spiro atoms. The fourth-order valence-electron chi connectivity index (χ4n) is 2.53. The Morgan fingerprint density at radius 2 is 1.96 bits per heavy atom. The normalized spacial score (nSPS) is 19.6. The first-order chi connectivity index (χ1) is 12.2. The number of nitrogens with one attached hydrogen (secondary N) is 1. The van der Waals surface area contributed by atoms with Gasteiger partial charge in [-0.15, -0.1) is 0 Å². The molecule has 27 heavy (non-hydrogen) atoms. The van der Waals surface area contributed by atoms with Crippen LogP contribution in [0.3, 0.4) is 0 Å². The highest BCUT2D eigenvalue weighted by atomic mass is 32.2. The first-order valence-electron chi connectivity index (χ1n) is 7.29. The zero-order valence-electron chi connectivity index (χ0n) is 13.4. The number of sulfone groups is 2. The molecule has 1 fully saturated rings. The van der Waals surface area contributed by atoms with Crippen LogP contribution in [0.25, 0.3) is 0 Å². The van der Waals surface area contributed by atoms with E-state index < -0.39 is 64.6 Å². The van der Waals surface area contributed by atoms with Crippen LogP contribution in [-0.2, 0) is 30.6 Å². The Balaban J connectivity index is 2.25. The minimum atomic E-state index is -4.92. The Kier molecular flexibility index (Phi) is 5.52.